The quantitative estimate of drug-likeness (QED) is 0.879. The Kier molecular flexibility index (Phi) is 4.90. The molecule has 0 aliphatic rings. The smallest absolute Gasteiger partial charge is 0.162 e. The van der Waals surface area contributed by atoms with E-state index in [1.54, 1.807) is 14.2 Å². The summed E-state index contributed by atoms with van der Waals surface area (Å²) in [6, 6.07) is 12.2. The molecular weight excluding hydrogens is 318 g/mol. The van der Waals surface area contributed by atoms with Crippen LogP contribution in [0.5, 0.6) is 11.5 Å². The first-order valence-electron chi connectivity index (χ1n) is 6.35. The van der Waals surface area contributed by atoms with Crippen LogP contribution >= 0.6 is 15.9 Å². The molecule has 2 rings (SSSR count). The van der Waals surface area contributed by atoms with Gasteiger partial charge in [-0.25, -0.2) is 0 Å². The van der Waals surface area contributed by atoms with Crippen LogP contribution in [0.2, 0.25) is 0 Å². The van der Waals surface area contributed by atoms with E-state index in [0.717, 1.165) is 33.8 Å². The summed E-state index contributed by atoms with van der Waals surface area (Å²) in [5.74, 6) is 1.48. The second-order valence-corrected chi connectivity index (χ2v) is 5.42. The third-order valence-corrected chi connectivity index (χ3v) is 3.60. The van der Waals surface area contributed by atoms with Crippen molar-refractivity contribution < 1.29 is 9.47 Å². The molecule has 0 fully saturated rings. The molecule has 3 nitrogen and oxygen atoms in total. The summed E-state index contributed by atoms with van der Waals surface area (Å²) < 4.78 is 11.7. The van der Waals surface area contributed by atoms with Crippen molar-refractivity contribution in [2.24, 2.45) is 0 Å². The maximum Gasteiger partial charge on any atom is 0.162 e. The molecule has 106 valence electrons. The molecular formula is C16H18BrNO2. The number of hydrogen-bond donors (Lipinski definition) is 1. The van der Waals surface area contributed by atoms with Crippen LogP contribution in [0.25, 0.3) is 0 Å². The number of nitrogens with one attached hydrogen (secondary N) is 1. The molecule has 2 aromatic rings. The van der Waals surface area contributed by atoms with Crippen molar-refractivity contribution in [2.45, 2.75) is 13.5 Å². The van der Waals surface area contributed by atoms with Crippen LogP contribution in [0.15, 0.2) is 40.9 Å². The van der Waals surface area contributed by atoms with E-state index in [9.17, 15) is 0 Å². The molecule has 0 radical (unpaired) electrons. The van der Waals surface area contributed by atoms with Gasteiger partial charge in [0.1, 0.15) is 0 Å². The fourth-order valence-corrected chi connectivity index (χ4v) is 2.46. The van der Waals surface area contributed by atoms with E-state index in [0.29, 0.717) is 0 Å². The molecule has 0 bridgehead atoms. The molecule has 0 unspecified atom stereocenters. The predicted molar refractivity (Wildman–Crippen MR) is 85.8 cm³/mol. The van der Waals surface area contributed by atoms with Gasteiger partial charge in [0, 0.05) is 22.8 Å². The first-order chi connectivity index (χ1) is 9.63. The van der Waals surface area contributed by atoms with Gasteiger partial charge in [-0.1, -0.05) is 28.1 Å². The van der Waals surface area contributed by atoms with E-state index in [-0.39, 0.29) is 0 Å². The highest BCUT2D eigenvalue weighted by atomic mass is 79.9. The highest BCUT2D eigenvalue weighted by Gasteiger charge is 2.08. The number of ether oxygens (including phenoxy) is 2. The molecule has 0 atom stereocenters. The summed E-state index contributed by atoms with van der Waals surface area (Å²) >= 11 is 3.48. The SMILES string of the molecule is COc1cc(C)c(NCc2cccc(Br)c2)cc1OC. The first-order valence-corrected chi connectivity index (χ1v) is 7.14. The zero-order valence-electron chi connectivity index (χ0n) is 11.9. The van der Waals surface area contributed by atoms with Crippen molar-refractivity contribution in [3.63, 3.8) is 0 Å². The second kappa shape index (κ2) is 6.66. The summed E-state index contributed by atoms with van der Waals surface area (Å²) in [5.41, 5.74) is 3.38. The van der Waals surface area contributed by atoms with E-state index >= 15 is 0 Å². The lowest BCUT2D eigenvalue weighted by atomic mass is 10.1. The molecule has 0 saturated heterocycles. The van der Waals surface area contributed by atoms with Crippen LogP contribution in [0.4, 0.5) is 5.69 Å². The first kappa shape index (κ1) is 14.7. The lowest BCUT2D eigenvalue weighted by molar-refractivity contribution is 0.355. The van der Waals surface area contributed by atoms with Crippen LogP contribution in [-0.4, -0.2) is 14.2 Å². The van der Waals surface area contributed by atoms with Crippen LogP contribution in [-0.2, 0) is 6.54 Å². The Morgan fingerprint density at radius 3 is 2.40 bits per heavy atom. The molecule has 0 amide bonds. The number of hydrogen-bond acceptors (Lipinski definition) is 3. The minimum Gasteiger partial charge on any atom is -0.493 e. The molecule has 0 spiro atoms. The summed E-state index contributed by atoms with van der Waals surface area (Å²) in [6.07, 6.45) is 0. The lowest BCUT2D eigenvalue weighted by Gasteiger charge is -2.14. The molecule has 0 aliphatic carbocycles. The van der Waals surface area contributed by atoms with E-state index in [2.05, 4.69) is 33.4 Å². The van der Waals surface area contributed by atoms with Crippen molar-refractivity contribution in [1.82, 2.24) is 0 Å². The van der Waals surface area contributed by atoms with Gasteiger partial charge in [0.05, 0.1) is 14.2 Å². The number of halogens is 1. The van der Waals surface area contributed by atoms with Gasteiger partial charge in [-0.2, -0.15) is 0 Å². The van der Waals surface area contributed by atoms with Crippen LogP contribution in [0.3, 0.4) is 0 Å². The van der Waals surface area contributed by atoms with Gasteiger partial charge in [-0.05, 0) is 36.2 Å². The highest BCUT2D eigenvalue weighted by molar-refractivity contribution is 9.10. The highest BCUT2D eigenvalue weighted by Crippen LogP contribution is 2.33. The van der Waals surface area contributed by atoms with Crippen LogP contribution in [0.1, 0.15) is 11.1 Å². The van der Waals surface area contributed by atoms with Crippen molar-refractivity contribution in [2.75, 3.05) is 19.5 Å². The Morgan fingerprint density at radius 2 is 1.75 bits per heavy atom. The zero-order chi connectivity index (χ0) is 14.5. The van der Waals surface area contributed by atoms with Crippen LogP contribution in [0, 0.1) is 6.92 Å². The summed E-state index contributed by atoms with van der Waals surface area (Å²) in [4.78, 5) is 0. The second-order valence-electron chi connectivity index (χ2n) is 4.51. The minimum atomic E-state index is 0.731. The minimum absolute atomic E-state index is 0.731. The van der Waals surface area contributed by atoms with Crippen molar-refractivity contribution >= 4 is 21.6 Å². The van der Waals surface area contributed by atoms with E-state index in [1.807, 2.05) is 31.2 Å². The topological polar surface area (TPSA) is 30.5 Å². The van der Waals surface area contributed by atoms with Gasteiger partial charge in [0.15, 0.2) is 11.5 Å². The normalized spacial score (nSPS) is 10.2. The van der Waals surface area contributed by atoms with Gasteiger partial charge >= 0.3 is 0 Å². The Labute approximate surface area is 128 Å². The molecule has 20 heavy (non-hydrogen) atoms. The third kappa shape index (κ3) is 3.45. The molecule has 4 heteroatoms. The Morgan fingerprint density at radius 1 is 1.05 bits per heavy atom. The Hall–Kier alpha value is -1.68. The fourth-order valence-electron chi connectivity index (χ4n) is 2.02. The van der Waals surface area contributed by atoms with Gasteiger partial charge in [-0.15, -0.1) is 0 Å². The maximum absolute atomic E-state index is 5.33. The van der Waals surface area contributed by atoms with Gasteiger partial charge < -0.3 is 14.8 Å². The average molecular weight is 336 g/mol. The number of benzene rings is 2. The summed E-state index contributed by atoms with van der Waals surface area (Å²) in [7, 11) is 3.29. The third-order valence-electron chi connectivity index (χ3n) is 3.10. The Bertz CT molecular complexity index is 599. The maximum atomic E-state index is 5.33. The van der Waals surface area contributed by atoms with Gasteiger partial charge in [0.25, 0.3) is 0 Å². The lowest BCUT2D eigenvalue weighted by Crippen LogP contribution is -2.02. The van der Waals surface area contributed by atoms with Crippen molar-refractivity contribution in [1.29, 1.82) is 0 Å². The summed E-state index contributed by atoms with van der Waals surface area (Å²) in [5, 5.41) is 3.43. The predicted octanol–water partition coefficient (Wildman–Crippen LogP) is 4.39. The largest absolute Gasteiger partial charge is 0.493 e. The number of methoxy groups -OCH3 is 2. The molecule has 1 N–H and O–H groups in total. The average Bonchev–Trinajstić information content (AvgIpc) is 2.45. The van der Waals surface area contributed by atoms with Crippen molar-refractivity contribution in [3.05, 3.63) is 52.0 Å². The fraction of sp³-hybridized carbons (Fsp3) is 0.250. The van der Waals surface area contributed by atoms with Crippen molar-refractivity contribution in [3.8, 4) is 11.5 Å². The number of rotatable bonds is 5. The number of aryl methyl sites for hydroxylation is 1. The van der Waals surface area contributed by atoms with Gasteiger partial charge in [0.2, 0.25) is 0 Å². The molecule has 0 aromatic heterocycles. The number of anilines is 1. The standard InChI is InChI=1S/C16H18BrNO2/c1-11-7-15(19-2)16(20-3)9-14(11)18-10-12-5-4-6-13(17)8-12/h4-9,18H,10H2,1-3H3. The Balaban J connectivity index is 2.17. The van der Waals surface area contributed by atoms with E-state index in [1.165, 1.54) is 5.56 Å². The monoisotopic (exact) mass is 335 g/mol. The zero-order valence-corrected chi connectivity index (χ0v) is 13.5. The molecule has 0 aliphatic heterocycles. The van der Waals surface area contributed by atoms with E-state index < -0.39 is 0 Å². The van der Waals surface area contributed by atoms with Crippen LogP contribution < -0.4 is 14.8 Å². The molecule has 0 saturated carbocycles. The molecule has 2 aromatic carbocycles. The molecule has 0 heterocycles. The van der Waals surface area contributed by atoms with E-state index in [4.69, 9.17) is 9.47 Å². The van der Waals surface area contributed by atoms with Gasteiger partial charge in [-0.3, -0.25) is 0 Å². The summed E-state index contributed by atoms with van der Waals surface area (Å²) in [6.45, 7) is 2.81.